The molecule has 1 aliphatic heterocycles. The van der Waals surface area contributed by atoms with Crippen LogP contribution in [0.2, 0.25) is 0 Å². The van der Waals surface area contributed by atoms with E-state index in [2.05, 4.69) is 30.9 Å². The highest BCUT2D eigenvalue weighted by atomic mass is 31.8. The molecule has 0 spiro atoms. The third kappa shape index (κ3) is 4.84. The molecule has 0 saturated carbocycles. The quantitative estimate of drug-likeness (QED) is 0.529. The molecule has 9 heteroatoms. The Kier molecular flexibility index (Phi) is 6.88. The van der Waals surface area contributed by atoms with E-state index in [9.17, 15) is 4.57 Å². The second-order valence-electron chi connectivity index (χ2n) is 4.37. The predicted octanol–water partition coefficient (Wildman–Crippen LogP) is 6.28. The molecule has 108 valence electrons. The van der Waals surface area contributed by atoms with E-state index in [0.29, 0.717) is 6.16 Å². The highest BCUT2D eigenvalue weighted by Crippen LogP contribution is 2.85. The minimum Gasteiger partial charge on any atom is -0.284 e. The Morgan fingerprint density at radius 3 is 1.50 bits per heavy atom. The van der Waals surface area contributed by atoms with E-state index in [1.807, 2.05) is 6.92 Å². The van der Waals surface area contributed by atoms with E-state index in [0.717, 1.165) is 31.6 Å². The van der Waals surface area contributed by atoms with Gasteiger partial charge < -0.3 is 0 Å². The van der Waals surface area contributed by atoms with Gasteiger partial charge in [-0.2, -0.15) is 0 Å². The van der Waals surface area contributed by atoms with Crippen molar-refractivity contribution in [2.75, 3.05) is 18.5 Å². The molecule has 18 heavy (non-hydrogen) atoms. The van der Waals surface area contributed by atoms with Crippen LogP contribution in [0.15, 0.2) is 0 Å². The molecule has 2 unspecified atom stereocenters. The summed E-state index contributed by atoms with van der Waals surface area (Å²) in [7, 11) is -0.301. The predicted molar refractivity (Wildman–Crippen MR) is 86.8 cm³/mol. The van der Waals surface area contributed by atoms with E-state index < -0.39 is 21.6 Å². The first-order chi connectivity index (χ1) is 8.30. The van der Waals surface area contributed by atoms with Gasteiger partial charge in [0.05, 0.1) is 6.16 Å². The van der Waals surface area contributed by atoms with E-state index >= 15 is 0 Å². The molecule has 1 aliphatic rings. The number of hydrogen-bond acceptors (Lipinski definition) is 4. The van der Waals surface area contributed by atoms with Crippen LogP contribution >= 0.6 is 38.7 Å². The van der Waals surface area contributed by atoms with Crippen molar-refractivity contribution in [3.05, 3.63) is 0 Å². The second kappa shape index (κ2) is 7.02. The van der Waals surface area contributed by atoms with Crippen LogP contribution in [0.1, 0.15) is 40.0 Å². The summed E-state index contributed by atoms with van der Waals surface area (Å²) in [4.78, 5) is 0. The van der Waals surface area contributed by atoms with Crippen LogP contribution in [0.5, 0.6) is 0 Å². The fourth-order valence-corrected chi connectivity index (χ4v) is 18.2. The molecule has 0 N–H and O–H groups in total. The summed E-state index contributed by atoms with van der Waals surface area (Å²) in [5.74, 6) is 0. The van der Waals surface area contributed by atoms with Crippen molar-refractivity contribution in [1.29, 1.82) is 0 Å². The Balaban J connectivity index is 3.03. The van der Waals surface area contributed by atoms with Gasteiger partial charge in [-0.1, -0.05) is 37.8 Å². The minimum absolute atomic E-state index is 0.447. The largest absolute Gasteiger partial charge is 0.341 e. The molecular weight excluding hydrogens is 327 g/mol. The maximum absolute atomic E-state index is 12.7. The average molecular weight is 350 g/mol. The van der Waals surface area contributed by atoms with E-state index in [-0.39, 0.29) is 0 Å². The maximum atomic E-state index is 12.7. The number of rotatable bonds is 6. The molecular formula is C9H23O4P5. The van der Waals surface area contributed by atoms with Gasteiger partial charge in [-0.05, 0) is 19.3 Å². The van der Waals surface area contributed by atoms with Crippen LogP contribution in [-0.2, 0) is 17.5 Å². The summed E-state index contributed by atoms with van der Waals surface area (Å²) < 4.78 is 30.1. The van der Waals surface area contributed by atoms with E-state index in [1.54, 1.807) is 0 Å². The molecule has 1 saturated heterocycles. The highest BCUT2D eigenvalue weighted by Gasteiger charge is 2.44. The van der Waals surface area contributed by atoms with Crippen molar-refractivity contribution in [3.63, 3.8) is 0 Å². The van der Waals surface area contributed by atoms with Gasteiger partial charge in [-0.15, -0.1) is 0 Å². The Hall–Kier alpha value is 1.57. The molecule has 1 fully saturated rings. The van der Waals surface area contributed by atoms with Crippen molar-refractivity contribution in [1.82, 2.24) is 0 Å². The first-order valence-electron chi connectivity index (χ1n) is 6.30. The van der Waals surface area contributed by atoms with Gasteiger partial charge in [0.2, 0.25) is 0 Å². The van der Waals surface area contributed by atoms with Crippen LogP contribution in [0.25, 0.3) is 0 Å². The van der Waals surface area contributed by atoms with Gasteiger partial charge in [0, 0.05) is 12.3 Å². The summed E-state index contributed by atoms with van der Waals surface area (Å²) in [6.07, 6.45) is 4.55. The zero-order valence-corrected chi connectivity index (χ0v) is 15.9. The van der Waals surface area contributed by atoms with Crippen molar-refractivity contribution in [2.24, 2.45) is 0 Å². The summed E-state index contributed by atoms with van der Waals surface area (Å²) in [6.45, 7) is 6.09. The third-order valence-corrected chi connectivity index (χ3v) is 15.9. The summed E-state index contributed by atoms with van der Waals surface area (Å²) in [5.41, 5.74) is 0. The van der Waals surface area contributed by atoms with E-state index in [1.165, 1.54) is 0 Å². The molecule has 0 aromatic rings. The standard InChI is InChI=1S/C9H23O4P5/c1-4-7-16(10)11-17(14,8-5-2)13-18(15,12-16)9-6-3/h14-15H,4-9H2,1-3H3. The molecule has 1 rings (SSSR count). The van der Waals surface area contributed by atoms with Gasteiger partial charge in [-0.25, -0.2) is 0 Å². The molecule has 0 bridgehead atoms. The lowest BCUT2D eigenvalue weighted by molar-refractivity contribution is 0.345. The van der Waals surface area contributed by atoms with Crippen LogP contribution in [0.4, 0.5) is 0 Å². The summed E-state index contributed by atoms with van der Waals surface area (Å²) >= 11 is 0. The molecule has 2 atom stereocenters. The van der Waals surface area contributed by atoms with Gasteiger partial charge in [0.25, 0.3) is 0 Å². The Labute approximate surface area is 115 Å². The lowest BCUT2D eigenvalue weighted by Crippen LogP contribution is -2.08. The fraction of sp³-hybridized carbons (Fsp3) is 1.00. The zero-order chi connectivity index (χ0) is 13.9. The van der Waals surface area contributed by atoms with Crippen LogP contribution in [0.3, 0.4) is 0 Å². The molecule has 0 amide bonds. The summed E-state index contributed by atoms with van der Waals surface area (Å²) in [6, 6.07) is 0. The topological polar surface area (TPSA) is 44.8 Å². The van der Waals surface area contributed by atoms with Gasteiger partial charge in [-0.3, -0.25) is 17.5 Å². The first-order valence-corrected chi connectivity index (χ1v) is 14.3. The minimum atomic E-state index is -3.04. The van der Waals surface area contributed by atoms with Crippen molar-refractivity contribution in [2.45, 2.75) is 40.0 Å². The molecule has 4 nitrogen and oxygen atoms in total. The smallest absolute Gasteiger partial charge is 0.284 e. The lowest BCUT2D eigenvalue weighted by Gasteiger charge is -2.40. The van der Waals surface area contributed by atoms with Crippen LogP contribution in [0, 0.1) is 0 Å². The molecule has 0 aliphatic carbocycles. The Bertz CT molecular complexity index is 341. The molecule has 0 aromatic heterocycles. The Morgan fingerprint density at radius 2 is 1.17 bits per heavy atom. The zero-order valence-electron chi connectivity index (χ0n) is 11.2. The van der Waals surface area contributed by atoms with E-state index in [4.69, 9.17) is 12.9 Å². The SMILES string of the molecule is CCCP1(=O)OP(=P)(CCC)OP(=P)(CCC)O1. The summed E-state index contributed by atoms with van der Waals surface area (Å²) in [5, 5.41) is 0. The fourth-order valence-electron chi connectivity index (χ4n) is 1.77. The van der Waals surface area contributed by atoms with Crippen molar-refractivity contribution < 1.29 is 17.5 Å². The average Bonchev–Trinajstić information content (AvgIpc) is 2.14. The molecule has 1 heterocycles. The second-order valence-corrected chi connectivity index (χ2v) is 15.7. The van der Waals surface area contributed by atoms with Gasteiger partial charge >= 0.3 is 7.60 Å². The van der Waals surface area contributed by atoms with Gasteiger partial charge in [0.15, 0.2) is 14.0 Å². The first kappa shape index (κ1) is 17.6. The van der Waals surface area contributed by atoms with Gasteiger partial charge in [0.1, 0.15) is 0 Å². The lowest BCUT2D eigenvalue weighted by atomic mass is 10.6. The third-order valence-electron chi connectivity index (χ3n) is 2.31. The monoisotopic (exact) mass is 350 g/mol. The molecule has 0 radical (unpaired) electrons. The van der Waals surface area contributed by atoms with Crippen LogP contribution < -0.4 is 0 Å². The normalized spacial score (nSPS) is 40.8. The number of hydrogen-bond donors (Lipinski definition) is 0. The van der Waals surface area contributed by atoms with Crippen molar-refractivity contribution >= 4 is 38.7 Å². The highest BCUT2D eigenvalue weighted by molar-refractivity contribution is 8.06. The van der Waals surface area contributed by atoms with Crippen molar-refractivity contribution in [3.8, 4) is 0 Å². The maximum Gasteiger partial charge on any atom is 0.341 e. The Morgan fingerprint density at radius 1 is 0.778 bits per heavy atom. The van der Waals surface area contributed by atoms with Crippen LogP contribution in [-0.4, -0.2) is 18.5 Å². The molecule has 0 aromatic carbocycles.